The van der Waals surface area contributed by atoms with Gasteiger partial charge in [0.2, 0.25) is 0 Å². The van der Waals surface area contributed by atoms with E-state index < -0.39 is 19.9 Å². The molecule has 2 N–H and O–H groups in total. The van der Waals surface area contributed by atoms with Crippen LogP contribution in [-0.4, -0.2) is 37.1 Å². The molecular weight excluding hydrogens is 324 g/mol. The number of hydrogen-bond acceptors (Lipinski definition) is 4. The molecule has 6 nitrogen and oxygen atoms in total. The Labute approximate surface area is 133 Å². The minimum Gasteiger partial charge on any atom is -0.396 e. The van der Waals surface area contributed by atoms with Crippen molar-refractivity contribution in [2.45, 2.75) is 31.6 Å². The van der Waals surface area contributed by atoms with Gasteiger partial charge in [-0.15, -0.1) is 0 Å². The third-order valence-corrected chi connectivity index (χ3v) is 6.74. The number of rotatable bonds is 8. The zero-order chi connectivity index (χ0) is 16.9. The van der Waals surface area contributed by atoms with E-state index in [1.807, 2.05) is 13.8 Å². The molecule has 0 bridgehead atoms. The quantitative estimate of drug-likeness (QED) is 0.748. The number of nitrogens with zero attached hydrogens (tertiary/aromatic N) is 1. The molecule has 0 saturated heterocycles. The van der Waals surface area contributed by atoms with Crippen molar-refractivity contribution in [1.82, 2.24) is 4.72 Å². The minimum atomic E-state index is -4.01. The Balaban J connectivity index is 2.87. The van der Waals surface area contributed by atoms with Gasteiger partial charge in [-0.05, 0) is 30.4 Å². The van der Waals surface area contributed by atoms with Crippen LogP contribution in [0.15, 0.2) is 39.0 Å². The van der Waals surface area contributed by atoms with Gasteiger partial charge in [0.05, 0.1) is 9.73 Å². The summed E-state index contributed by atoms with van der Waals surface area (Å²) in [5, 5.41) is 8.84. The maximum atomic E-state index is 12.5. The Morgan fingerprint density at radius 2 is 1.77 bits per heavy atom. The molecule has 0 fully saturated rings. The lowest BCUT2D eigenvalue weighted by atomic mass is 9.88. The van der Waals surface area contributed by atoms with Gasteiger partial charge in [-0.25, -0.2) is 4.21 Å². The van der Waals surface area contributed by atoms with E-state index >= 15 is 0 Å². The number of aliphatic hydroxyl groups is 1. The smallest absolute Gasteiger partial charge is 0.327 e. The zero-order valence-electron chi connectivity index (χ0n) is 13.2. The van der Waals surface area contributed by atoms with Gasteiger partial charge in [-0.1, -0.05) is 35.8 Å². The van der Waals surface area contributed by atoms with Crippen LogP contribution in [0.2, 0.25) is 0 Å². The summed E-state index contributed by atoms with van der Waals surface area (Å²) < 4.78 is 42.5. The second-order valence-electron chi connectivity index (χ2n) is 5.98. The lowest BCUT2D eigenvalue weighted by molar-refractivity contribution is 0.242. The van der Waals surface area contributed by atoms with Crippen molar-refractivity contribution in [2.24, 2.45) is 9.18 Å². The lowest BCUT2D eigenvalue weighted by Gasteiger charge is -2.23. The Morgan fingerprint density at radius 3 is 2.32 bits per heavy atom. The van der Waals surface area contributed by atoms with Gasteiger partial charge >= 0.3 is 10.2 Å². The van der Waals surface area contributed by atoms with Crippen LogP contribution in [0.4, 0.5) is 0 Å². The fraction of sp³-hybridized carbons (Fsp3) is 0.571. The normalized spacial score (nSPS) is 15.3. The fourth-order valence-electron chi connectivity index (χ4n) is 1.86. The van der Waals surface area contributed by atoms with Crippen molar-refractivity contribution in [2.75, 3.05) is 19.4 Å². The number of benzene rings is 1. The van der Waals surface area contributed by atoms with E-state index in [-0.39, 0.29) is 18.6 Å². The third kappa shape index (κ3) is 6.43. The van der Waals surface area contributed by atoms with Gasteiger partial charge in [-0.2, -0.15) is 13.1 Å². The van der Waals surface area contributed by atoms with Gasteiger partial charge in [0, 0.05) is 24.3 Å². The summed E-state index contributed by atoms with van der Waals surface area (Å²) in [6.45, 7) is 4.03. The predicted octanol–water partition coefficient (Wildman–Crippen LogP) is 1.78. The van der Waals surface area contributed by atoms with Crippen LogP contribution < -0.4 is 4.72 Å². The first-order valence-electron chi connectivity index (χ1n) is 6.97. The summed E-state index contributed by atoms with van der Waals surface area (Å²) in [7, 11) is -7.03. The summed E-state index contributed by atoms with van der Waals surface area (Å²) in [6.07, 6.45) is 2.57. The molecule has 0 radical (unpaired) electrons. The Morgan fingerprint density at radius 1 is 1.18 bits per heavy atom. The average molecular weight is 348 g/mol. The second kappa shape index (κ2) is 7.54. The standard InChI is InChI=1S/C14H24N2O4S2/c1-14(2,10-7-11-17)12-15-22(19,20)16-21(3,18)13-8-5-4-6-9-13/h4-6,8-9,15,17H,7,10-12H2,1-3H3. The van der Waals surface area contributed by atoms with Crippen molar-refractivity contribution in [1.29, 1.82) is 0 Å². The molecule has 0 aliphatic heterocycles. The predicted molar refractivity (Wildman–Crippen MR) is 88.2 cm³/mol. The summed E-state index contributed by atoms with van der Waals surface area (Å²) in [5.41, 5.74) is -0.313. The summed E-state index contributed by atoms with van der Waals surface area (Å²) in [6, 6.07) is 8.31. The molecule has 1 rings (SSSR count). The van der Waals surface area contributed by atoms with E-state index in [0.29, 0.717) is 17.7 Å². The Bertz CT molecular complexity index is 691. The van der Waals surface area contributed by atoms with Crippen LogP contribution in [-0.2, 0) is 19.9 Å². The van der Waals surface area contributed by atoms with Gasteiger partial charge in [0.1, 0.15) is 0 Å². The largest absolute Gasteiger partial charge is 0.396 e. The van der Waals surface area contributed by atoms with E-state index in [1.54, 1.807) is 30.3 Å². The highest BCUT2D eigenvalue weighted by molar-refractivity contribution is 8.02. The first-order chi connectivity index (χ1) is 10.1. The first kappa shape index (κ1) is 19.1. The SMILES string of the molecule is CC(C)(CCCO)CNS(=O)(=O)N=S(C)(=O)c1ccccc1. The zero-order valence-corrected chi connectivity index (χ0v) is 14.8. The van der Waals surface area contributed by atoms with E-state index in [9.17, 15) is 12.6 Å². The molecular formula is C14H24N2O4S2. The van der Waals surface area contributed by atoms with E-state index in [2.05, 4.69) is 8.49 Å². The summed E-state index contributed by atoms with van der Waals surface area (Å²) in [5.74, 6) is 0. The molecule has 1 aromatic carbocycles. The van der Waals surface area contributed by atoms with Crippen LogP contribution >= 0.6 is 0 Å². The highest BCUT2D eigenvalue weighted by Gasteiger charge is 2.21. The molecule has 0 heterocycles. The molecule has 1 aromatic rings. The maximum Gasteiger partial charge on any atom is 0.327 e. The van der Waals surface area contributed by atoms with E-state index in [4.69, 9.17) is 5.11 Å². The van der Waals surface area contributed by atoms with Gasteiger partial charge in [0.25, 0.3) is 0 Å². The van der Waals surface area contributed by atoms with Crippen molar-refractivity contribution in [3.05, 3.63) is 30.3 Å². The number of hydrogen-bond donors (Lipinski definition) is 2. The molecule has 0 aromatic heterocycles. The summed E-state index contributed by atoms with van der Waals surface area (Å²) in [4.78, 5) is 0.375. The topological polar surface area (TPSA) is 95.8 Å². The van der Waals surface area contributed by atoms with Crippen molar-refractivity contribution in [3.8, 4) is 0 Å². The third-order valence-electron chi connectivity index (χ3n) is 3.17. The van der Waals surface area contributed by atoms with Gasteiger partial charge in [-0.3, -0.25) is 0 Å². The van der Waals surface area contributed by atoms with Crippen LogP contribution in [0.25, 0.3) is 0 Å². The van der Waals surface area contributed by atoms with E-state index in [1.165, 1.54) is 6.26 Å². The molecule has 0 spiro atoms. The molecule has 0 amide bonds. The van der Waals surface area contributed by atoms with Crippen molar-refractivity contribution < 1.29 is 17.7 Å². The van der Waals surface area contributed by atoms with Crippen LogP contribution in [0.5, 0.6) is 0 Å². The van der Waals surface area contributed by atoms with Crippen LogP contribution in [0.3, 0.4) is 0 Å². The molecule has 1 atom stereocenters. The number of aliphatic hydroxyl groups excluding tert-OH is 1. The highest BCUT2D eigenvalue weighted by atomic mass is 32.3. The first-order valence-corrected chi connectivity index (χ1v) is 10.3. The Kier molecular flexibility index (Phi) is 6.54. The maximum absolute atomic E-state index is 12.5. The summed E-state index contributed by atoms with van der Waals surface area (Å²) >= 11 is 0. The van der Waals surface area contributed by atoms with Crippen molar-refractivity contribution >= 4 is 19.9 Å². The molecule has 126 valence electrons. The molecule has 0 saturated carbocycles. The Hall–Kier alpha value is -0.960. The van der Waals surface area contributed by atoms with E-state index in [0.717, 1.165) is 0 Å². The molecule has 0 aliphatic carbocycles. The number of nitrogens with one attached hydrogen (secondary N) is 1. The van der Waals surface area contributed by atoms with Gasteiger partial charge < -0.3 is 5.11 Å². The molecule has 8 heteroatoms. The van der Waals surface area contributed by atoms with Crippen LogP contribution in [0, 0.1) is 5.41 Å². The lowest BCUT2D eigenvalue weighted by Crippen LogP contribution is -2.33. The second-order valence-corrected chi connectivity index (χ2v) is 9.89. The van der Waals surface area contributed by atoms with Crippen molar-refractivity contribution in [3.63, 3.8) is 0 Å². The highest BCUT2D eigenvalue weighted by Crippen LogP contribution is 2.21. The molecule has 22 heavy (non-hydrogen) atoms. The molecule has 1 unspecified atom stereocenters. The van der Waals surface area contributed by atoms with Gasteiger partial charge in [0.15, 0.2) is 0 Å². The van der Waals surface area contributed by atoms with Crippen LogP contribution in [0.1, 0.15) is 26.7 Å². The minimum absolute atomic E-state index is 0.0668. The fourth-order valence-corrected chi connectivity index (χ4v) is 5.15. The monoisotopic (exact) mass is 348 g/mol. The average Bonchev–Trinajstić information content (AvgIpc) is 2.43. The molecule has 0 aliphatic rings.